The molecule has 1 aromatic carbocycles. The molecule has 0 radical (unpaired) electrons. The summed E-state index contributed by atoms with van der Waals surface area (Å²) in [6.07, 6.45) is 3.30. The highest BCUT2D eigenvalue weighted by Crippen LogP contribution is 2.34. The van der Waals surface area contributed by atoms with Crippen LogP contribution in [0.5, 0.6) is 5.75 Å². The van der Waals surface area contributed by atoms with Gasteiger partial charge in [-0.3, -0.25) is 14.6 Å². The third kappa shape index (κ3) is 3.97. The molecule has 0 saturated carbocycles. The lowest BCUT2D eigenvalue weighted by atomic mass is 10.2. The second-order valence-corrected chi connectivity index (χ2v) is 8.84. The summed E-state index contributed by atoms with van der Waals surface area (Å²) < 4.78 is 33.5. The number of carbonyl (C=O) groups excluding carboxylic acids is 1. The van der Waals surface area contributed by atoms with Crippen LogP contribution in [-0.2, 0) is 19.6 Å². The molecule has 2 aromatic heterocycles. The van der Waals surface area contributed by atoms with Crippen LogP contribution < -0.4 is 20.3 Å². The number of hydrogen-bond acceptors (Lipinski definition) is 8. The zero-order chi connectivity index (χ0) is 22.7. The number of piperazine rings is 1. The Morgan fingerprint density at radius 3 is 2.69 bits per heavy atom. The number of amides is 1. The SMILES string of the molecule is O=C1COc2ccc(S(=O)(=O)n3cc(N4CCNCC4)c4ncccc43)cc2N1.O=CO. The maximum Gasteiger partial charge on any atom is 0.290 e. The summed E-state index contributed by atoms with van der Waals surface area (Å²) >= 11 is 0. The van der Waals surface area contributed by atoms with Crippen molar-refractivity contribution in [1.82, 2.24) is 14.3 Å². The molecule has 0 atom stereocenters. The number of nitrogens with one attached hydrogen (secondary N) is 2. The van der Waals surface area contributed by atoms with E-state index in [0.29, 0.717) is 22.5 Å². The zero-order valence-electron chi connectivity index (χ0n) is 16.9. The number of benzene rings is 1. The second-order valence-electron chi connectivity index (χ2n) is 7.02. The van der Waals surface area contributed by atoms with Crippen LogP contribution in [0.2, 0.25) is 0 Å². The van der Waals surface area contributed by atoms with Crippen LogP contribution >= 0.6 is 0 Å². The molecule has 0 spiro atoms. The predicted molar refractivity (Wildman–Crippen MR) is 117 cm³/mol. The predicted octanol–water partition coefficient (Wildman–Crippen LogP) is 0.715. The van der Waals surface area contributed by atoms with E-state index in [0.717, 1.165) is 31.9 Å². The molecule has 2 aliphatic rings. The lowest BCUT2D eigenvalue weighted by molar-refractivity contribution is -0.123. The molecule has 3 aromatic rings. The average molecular weight is 459 g/mol. The van der Waals surface area contributed by atoms with Gasteiger partial charge in [-0.15, -0.1) is 0 Å². The molecule has 2 aliphatic heterocycles. The Kier molecular flexibility index (Phi) is 5.97. The summed E-state index contributed by atoms with van der Waals surface area (Å²) in [5.41, 5.74) is 2.30. The van der Waals surface area contributed by atoms with E-state index < -0.39 is 10.0 Å². The summed E-state index contributed by atoms with van der Waals surface area (Å²) in [7, 11) is -3.91. The Hall–Kier alpha value is -3.64. The number of aromatic nitrogens is 2. The van der Waals surface area contributed by atoms with Gasteiger partial charge in [0.05, 0.1) is 21.8 Å². The van der Waals surface area contributed by atoms with Crippen molar-refractivity contribution in [2.75, 3.05) is 43.0 Å². The van der Waals surface area contributed by atoms with Crippen molar-refractivity contribution < 1.29 is 27.9 Å². The summed E-state index contributed by atoms with van der Waals surface area (Å²) in [6.45, 7) is 2.88. The van der Waals surface area contributed by atoms with Crippen LogP contribution in [0.3, 0.4) is 0 Å². The topological polar surface area (TPSA) is 143 Å². The number of rotatable bonds is 3. The van der Waals surface area contributed by atoms with Gasteiger partial charge in [0, 0.05) is 38.6 Å². The number of fused-ring (bicyclic) bond motifs is 2. The van der Waals surface area contributed by atoms with Gasteiger partial charge < -0.3 is 25.4 Å². The van der Waals surface area contributed by atoms with E-state index >= 15 is 0 Å². The van der Waals surface area contributed by atoms with Gasteiger partial charge in [-0.1, -0.05) is 0 Å². The van der Waals surface area contributed by atoms with Gasteiger partial charge in [0.1, 0.15) is 11.3 Å². The Labute approximate surface area is 183 Å². The minimum absolute atomic E-state index is 0.0645. The molecule has 3 N–H and O–H groups in total. The molecular weight excluding hydrogens is 438 g/mol. The molecule has 0 unspecified atom stereocenters. The molecule has 32 heavy (non-hydrogen) atoms. The van der Waals surface area contributed by atoms with Crippen LogP contribution in [0.15, 0.2) is 47.6 Å². The van der Waals surface area contributed by atoms with Gasteiger partial charge in [0.2, 0.25) is 0 Å². The molecule has 0 bridgehead atoms. The number of nitrogens with zero attached hydrogens (tertiary/aromatic N) is 3. The number of pyridine rings is 1. The highest BCUT2D eigenvalue weighted by Gasteiger charge is 2.26. The minimum atomic E-state index is -3.91. The van der Waals surface area contributed by atoms with E-state index in [9.17, 15) is 13.2 Å². The molecule has 1 saturated heterocycles. The van der Waals surface area contributed by atoms with Gasteiger partial charge in [-0.05, 0) is 30.3 Å². The van der Waals surface area contributed by atoms with Gasteiger partial charge >= 0.3 is 0 Å². The largest absolute Gasteiger partial charge is 0.483 e. The van der Waals surface area contributed by atoms with Gasteiger partial charge in [0.15, 0.2) is 6.61 Å². The maximum atomic E-state index is 13.5. The van der Waals surface area contributed by atoms with Crippen molar-refractivity contribution in [3.63, 3.8) is 0 Å². The number of carboxylic acid groups (broad SMARTS) is 1. The van der Waals surface area contributed by atoms with Crippen molar-refractivity contribution >= 4 is 44.8 Å². The Morgan fingerprint density at radius 2 is 1.94 bits per heavy atom. The number of ether oxygens (including phenoxy) is 1. The summed E-state index contributed by atoms with van der Waals surface area (Å²) in [6, 6.07) is 7.93. The summed E-state index contributed by atoms with van der Waals surface area (Å²) in [5, 5.41) is 12.8. The van der Waals surface area contributed by atoms with Crippen molar-refractivity contribution in [1.29, 1.82) is 0 Å². The molecule has 1 amide bonds. The van der Waals surface area contributed by atoms with E-state index in [4.69, 9.17) is 14.6 Å². The average Bonchev–Trinajstić information content (AvgIpc) is 3.20. The summed E-state index contributed by atoms with van der Waals surface area (Å²) in [4.78, 5) is 26.6. The van der Waals surface area contributed by atoms with Gasteiger partial charge in [-0.25, -0.2) is 12.4 Å². The molecule has 4 heterocycles. The molecule has 0 aliphatic carbocycles. The smallest absolute Gasteiger partial charge is 0.290 e. The van der Waals surface area contributed by atoms with Crippen LogP contribution in [-0.4, -0.2) is 67.6 Å². The third-order valence-electron chi connectivity index (χ3n) is 5.10. The van der Waals surface area contributed by atoms with Crippen LogP contribution in [0, 0.1) is 0 Å². The third-order valence-corrected chi connectivity index (χ3v) is 6.77. The normalized spacial score (nSPS) is 15.8. The Morgan fingerprint density at radius 1 is 1.19 bits per heavy atom. The van der Waals surface area contributed by atoms with Gasteiger partial charge in [-0.2, -0.15) is 0 Å². The Balaban J connectivity index is 0.000000775. The monoisotopic (exact) mass is 459 g/mol. The first kappa shape index (κ1) is 21.6. The van der Waals surface area contributed by atoms with E-state index in [2.05, 4.69) is 20.5 Å². The summed E-state index contributed by atoms with van der Waals surface area (Å²) in [5.74, 6) is 0.132. The Bertz CT molecular complexity index is 1270. The highest BCUT2D eigenvalue weighted by molar-refractivity contribution is 7.90. The molecule has 5 rings (SSSR count). The van der Waals surface area contributed by atoms with Crippen molar-refractivity contribution in [2.45, 2.75) is 4.90 Å². The van der Waals surface area contributed by atoms with Crippen LogP contribution in [0.4, 0.5) is 11.4 Å². The fourth-order valence-electron chi connectivity index (χ4n) is 3.69. The molecule has 1 fully saturated rings. The lowest BCUT2D eigenvalue weighted by Gasteiger charge is -2.28. The molecule has 11 nitrogen and oxygen atoms in total. The van der Waals surface area contributed by atoms with Gasteiger partial charge in [0.25, 0.3) is 22.4 Å². The molecule has 168 valence electrons. The zero-order valence-corrected chi connectivity index (χ0v) is 17.7. The fraction of sp³-hybridized carbons (Fsp3) is 0.250. The maximum absolute atomic E-state index is 13.5. The molecular formula is C20H21N5O6S. The quantitative estimate of drug-likeness (QED) is 0.483. The van der Waals surface area contributed by atoms with Crippen molar-refractivity contribution in [3.8, 4) is 5.75 Å². The van der Waals surface area contributed by atoms with Crippen molar-refractivity contribution in [2.24, 2.45) is 0 Å². The van der Waals surface area contributed by atoms with E-state index in [1.54, 1.807) is 30.6 Å². The molecule has 12 heteroatoms. The lowest BCUT2D eigenvalue weighted by Crippen LogP contribution is -2.43. The first-order valence-electron chi connectivity index (χ1n) is 9.77. The van der Waals surface area contributed by atoms with E-state index in [1.807, 2.05) is 0 Å². The van der Waals surface area contributed by atoms with E-state index in [-0.39, 0.29) is 23.9 Å². The van der Waals surface area contributed by atoms with Crippen LogP contribution in [0.1, 0.15) is 0 Å². The number of carbonyl (C=O) groups is 2. The minimum Gasteiger partial charge on any atom is -0.483 e. The van der Waals surface area contributed by atoms with Crippen molar-refractivity contribution in [3.05, 3.63) is 42.7 Å². The number of hydrogen-bond donors (Lipinski definition) is 3. The highest BCUT2D eigenvalue weighted by atomic mass is 32.2. The standard InChI is InChI=1S/C19H19N5O4S.CH2O2/c25-18-12-28-17-4-3-13(10-14(17)22-18)29(26,27)24-11-16(23-8-6-20-7-9-23)19-15(24)2-1-5-21-19;2-1-3/h1-5,10-11,20H,6-9,12H2,(H,22,25);1H,(H,2,3). The first-order chi connectivity index (χ1) is 15.5. The number of anilines is 2. The fourth-order valence-corrected chi connectivity index (χ4v) is 5.06. The second kappa shape index (κ2) is 8.85. The first-order valence-corrected chi connectivity index (χ1v) is 11.2. The van der Waals surface area contributed by atoms with E-state index in [1.165, 1.54) is 16.1 Å². The van der Waals surface area contributed by atoms with Crippen LogP contribution in [0.25, 0.3) is 11.0 Å².